The van der Waals surface area contributed by atoms with Gasteiger partial charge in [0.25, 0.3) is 8.32 Å². The molecule has 0 saturated heterocycles. The number of carbonyl (C=O) groups excluding carboxylic acids is 2. The number of hydrogen-bond donors (Lipinski definition) is 0. The van der Waals surface area contributed by atoms with E-state index >= 15 is 0 Å². The van der Waals surface area contributed by atoms with E-state index in [1.165, 1.54) is 61.7 Å². The zero-order valence-corrected chi connectivity index (χ0v) is 39.8. The van der Waals surface area contributed by atoms with Crippen LogP contribution in [0.3, 0.4) is 0 Å². The summed E-state index contributed by atoms with van der Waals surface area (Å²) in [6, 6.07) is 22.0. The molecule has 0 bridgehead atoms. The van der Waals surface area contributed by atoms with Crippen LogP contribution in [0, 0.1) is 11.8 Å². The van der Waals surface area contributed by atoms with Crippen molar-refractivity contribution in [2.75, 3.05) is 13.2 Å². The molecular formula is C53H86O5Si. The van der Waals surface area contributed by atoms with E-state index in [-0.39, 0.29) is 34.9 Å². The number of allylic oxidation sites excluding steroid dienone is 2. The minimum atomic E-state index is -2.68. The molecular weight excluding hydrogens is 745 g/mol. The Morgan fingerprint density at radius 1 is 0.525 bits per heavy atom. The van der Waals surface area contributed by atoms with Gasteiger partial charge in [0.15, 0.2) is 0 Å². The van der Waals surface area contributed by atoms with Gasteiger partial charge in [-0.05, 0) is 66.8 Å². The largest absolute Gasteiger partial charge is 0.461 e. The quantitative estimate of drug-likeness (QED) is 0.0304. The van der Waals surface area contributed by atoms with Crippen LogP contribution in [0.4, 0.5) is 0 Å². The van der Waals surface area contributed by atoms with Gasteiger partial charge < -0.3 is 13.9 Å². The van der Waals surface area contributed by atoms with Gasteiger partial charge in [0.2, 0.25) is 0 Å². The summed E-state index contributed by atoms with van der Waals surface area (Å²) in [4.78, 5) is 25.2. The molecule has 2 unspecified atom stereocenters. The van der Waals surface area contributed by atoms with Gasteiger partial charge in [-0.1, -0.05) is 223 Å². The van der Waals surface area contributed by atoms with Crippen LogP contribution in [-0.4, -0.2) is 39.6 Å². The standard InChI is InChI=1S/C53H86O5Si/c1-8-10-12-14-16-22-34-44-56-51(54)46(3)36-26-18-20-28-38-48(39-29-21-19-27-37-47(4)52(55)57-45-35-23-17-15-13-11-9-2)58-59(53(5,6)7,49-40-30-24-31-41-49)50-42-32-25-33-43-50/h22-25,30-35,40-43,46-48H,8-21,26-29,36-39,44-45H2,1-7H3/b34-22-,35-23-. The molecule has 0 saturated carbocycles. The second-order valence-electron chi connectivity index (χ2n) is 18.1. The molecule has 0 aliphatic rings. The Morgan fingerprint density at radius 3 is 1.27 bits per heavy atom. The molecule has 0 aliphatic carbocycles. The maximum Gasteiger partial charge on any atom is 0.308 e. The van der Waals surface area contributed by atoms with Crippen LogP contribution < -0.4 is 10.4 Å². The average molecular weight is 831 g/mol. The molecule has 0 fully saturated rings. The minimum absolute atomic E-state index is 0.0696. The lowest BCUT2D eigenvalue weighted by Crippen LogP contribution is -2.67. The zero-order valence-electron chi connectivity index (χ0n) is 38.8. The predicted octanol–water partition coefficient (Wildman–Crippen LogP) is 14.0. The van der Waals surface area contributed by atoms with Gasteiger partial charge in [-0.2, -0.15) is 0 Å². The van der Waals surface area contributed by atoms with Crippen LogP contribution in [0.25, 0.3) is 0 Å². The lowest BCUT2D eigenvalue weighted by atomic mass is 9.99. The molecule has 6 heteroatoms. The third-order valence-electron chi connectivity index (χ3n) is 11.8. The van der Waals surface area contributed by atoms with E-state index in [4.69, 9.17) is 13.9 Å². The van der Waals surface area contributed by atoms with Gasteiger partial charge in [0, 0.05) is 6.10 Å². The first-order chi connectivity index (χ1) is 28.6. The van der Waals surface area contributed by atoms with Crippen molar-refractivity contribution in [3.63, 3.8) is 0 Å². The molecule has 0 N–H and O–H groups in total. The third-order valence-corrected chi connectivity index (χ3v) is 16.9. The monoisotopic (exact) mass is 831 g/mol. The lowest BCUT2D eigenvalue weighted by Gasteiger charge is -2.45. The molecule has 0 amide bonds. The van der Waals surface area contributed by atoms with Crippen LogP contribution in [0.2, 0.25) is 5.04 Å². The van der Waals surface area contributed by atoms with E-state index in [0.29, 0.717) is 13.2 Å². The van der Waals surface area contributed by atoms with Crippen molar-refractivity contribution in [1.29, 1.82) is 0 Å². The van der Waals surface area contributed by atoms with Gasteiger partial charge in [-0.25, -0.2) is 0 Å². The first-order valence-electron chi connectivity index (χ1n) is 24.0. The highest BCUT2D eigenvalue weighted by Crippen LogP contribution is 2.38. The van der Waals surface area contributed by atoms with Crippen molar-refractivity contribution in [2.24, 2.45) is 11.8 Å². The van der Waals surface area contributed by atoms with Gasteiger partial charge in [0.05, 0.1) is 11.8 Å². The fourth-order valence-corrected chi connectivity index (χ4v) is 12.8. The fourth-order valence-electron chi connectivity index (χ4n) is 8.09. The molecule has 5 nitrogen and oxygen atoms in total. The number of carbonyl (C=O) groups is 2. The first kappa shape index (κ1) is 52.2. The van der Waals surface area contributed by atoms with E-state index in [9.17, 15) is 9.59 Å². The molecule has 2 aromatic carbocycles. The SMILES string of the molecule is CCCCCC/C=C\COC(=O)C(C)CCCCCCC(CCCCCCC(C)C(=O)OC/C=C\CCCCCC)O[Si](c1ccccc1)(c1ccccc1)C(C)(C)C. The van der Waals surface area contributed by atoms with E-state index in [0.717, 1.165) is 89.9 Å². The fraction of sp³-hybridized carbons (Fsp3) is 0.660. The predicted molar refractivity (Wildman–Crippen MR) is 254 cm³/mol. The Bertz CT molecular complexity index is 1300. The van der Waals surface area contributed by atoms with Crippen LogP contribution in [0.1, 0.15) is 190 Å². The highest BCUT2D eigenvalue weighted by Gasteiger charge is 2.51. The summed E-state index contributed by atoms with van der Waals surface area (Å²) in [7, 11) is -2.68. The van der Waals surface area contributed by atoms with Gasteiger partial charge in [-0.3, -0.25) is 9.59 Å². The molecule has 2 rings (SSSR count). The van der Waals surface area contributed by atoms with Crippen molar-refractivity contribution in [3.8, 4) is 0 Å². The molecule has 0 heterocycles. The van der Waals surface area contributed by atoms with Crippen molar-refractivity contribution in [2.45, 2.75) is 201 Å². The van der Waals surface area contributed by atoms with Crippen LogP contribution >= 0.6 is 0 Å². The van der Waals surface area contributed by atoms with Crippen LogP contribution in [-0.2, 0) is 23.5 Å². The third kappa shape index (κ3) is 21.4. The van der Waals surface area contributed by atoms with Crippen molar-refractivity contribution >= 4 is 30.6 Å². The van der Waals surface area contributed by atoms with E-state index < -0.39 is 8.32 Å². The van der Waals surface area contributed by atoms with Gasteiger partial charge in [0.1, 0.15) is 13.2 Å². The molecule has 2 aromatic rings. The van der Waals surface area contributed by atoms with Gasteiger partial charge >= 0.3 is 11.9 Å². The molecule has 0 aromatic heterocycles. The second kappa shape index (κ2) is 31.8. The van der Waals surface area contributed by atoms with Gasteiger partial charge in [-0.15, -0.1) is 0 Å². The summed E-state index contributed by atoms with van der Waals surface area (Å²) >= 11 is 0. The van der Waals surface area contributed by atoms with Crippen molar-refractivity contribution in [1.82, 2.24) is 0 Å². The maximum absolute atomic E-state index is 12.6. The Hall–Kier alpha value is -2.96. The van der Waals surface area contributed by atoms with Crippen molar-refractivity contribution < 1.29 is 23.5 Å². The summed E-state index contributed by atoms with van der Waals surface area (Å²) in [6.07, 6.45) is 33.2. The number of esters is 2. The summed E-state index contributed by atoms with van der Waals surface area (Å²) in [5.41, 5.74) is 0. The number of benzene rings is 2. The number of hydrogen-bond acceptors (Lipinski definition) is 5. The smallest absolute Gasteiger partial charge is 0.308 e. The normalized spacial score (nSPS) is 13.8. The highest BCUT2D eigenvalue weighted by molar-refractivity contribution is 6.99. The maximum atomic E-state index is 12.6. The topological polar surface area (TPSA) is 61.8 Å². The Kier molecular flexibility index (Phi) is 28.2. The molecule has 332 valence electrons. The average Bonchev–Trinajstić information content (AvgIpc) is 3.23. The number of ether oxygens (including phenoxy) is 2. The number of unbranched alkanes of at least 4 members (excludes halogenated alkanes) is 14. The Balaban J connectivity index is 1.94. The summed E-state index contributed by atoms with van der Waals surface area (Å²) in [5.74, 6) is -0.296. The number of rotatable bonds is 34. The van der Waals surface area contributed by atoms with E-state index in [1.54, 1.807) is 0 Å². The zero-order chi connectivity index (χ0) is 43.0. The van der Waals surface area contributed by atoms with Crippen LogP contribution in [0.15, 0.2) is 85.0 Å². The minimum Gasteiger partial charge on any atom is -0.461 e. The summed E-state index contributed by atoms with van der Waals surface area (Å²) in [6.45, 7) is 16.3. The molecule has 2 atom stereocenters. The summed E-state index contributed by atoms with van der Waals surface area (Å²) < 4.78 is 18.8. The molecule has 0 aliphatic heterocycles. The Morgan fingerprint density at radius 2 is 0.898 bits per heavy atom. The molecule has 0 radical (unpaired) electrons. The van der Waals surface area contributed by atoms with E-state index in [2.05, 4.69) is 107 Å². The highest BCUT2D eigenvalue weighted by atomic mass is 28.4. The first-order valence-corrected chi connectivity index (χ1v) is 25.9. The van der Waals surface area contributed by atoms with Crippen LogP contribution in [0.5, 0.6) is 0 Å². The summed E-state index contributed by atoms with van der Waals surface area (Å²) in [5, 5.41) is 2.59. The lowest BCUT2D eigenvalue weighted by molar-refractivity contribution is -0.147. The van der Waals surface area contributed by atoms with Crippen molar-refractivity contribution in [3.05, 3.63) is 85.0 Å². The van der Waals surface area contributed by atoms with E-state index in [1.807, 2.05) is 26.0 Å². The Labute approximate surface area is 363 Å². The molecule has 0 spiro atoms. The molecule has 59 heavy (non-hydrogen) atoms. The second-order valence-corrected chi connectivity index (χ2v) is 22.3.